The van der Waals surface area contributed by atoms with Crippen molar-refractivity contribution < 1.29 is 27.8 Å². The number of aromatic nitrogens is 2. The molecule has 0 saturated heterocycles. The van der Waals surface area contributed by atoms with Crippen LogP contribution in [-0.4, -0.2) is 28.0 Å². The van der Waals surface area contributed by atoms with Crippen LogP contribution < -0.4 is 0 Å². The van der Waals surface area contributed by atoms with Crippen molar-refractivity contribution in [1.82, 2.24) is 9.78 Å². The van der Waals surface area contributed by atoms with Gasteiger partial charge in [-0.3, -0.25) is 0 Å². The van der Waals surface area contributed by atoms with E-state index in [0.717, 1.165) is 22.9 Å². The molecule has 0 amide bonds. The number of methoxy groups -OCH3 is 1. The fourth-order valence-corrected chi connectivity index (χ4v) is 2.63. The molecule has 134 valence electrons. The van der Waals surface area contributed by atoms with E-state index in [1.54, 1.807) is 0 Å². The third-order valence-corrected chi connectivity index (χ3v) is 3.74. The van der Waals surface area contributed by atoms with E-state index in [4.69, 9.17) is 4.74 Å². The van der Waals surface area contributed by atoms with E-state index >= 15 is 4.39 Å². The Labute approximate surface area is 146 Å². The summed E-state index contributed by atoms with van der Waals surface area (Å²) < 4.78 is 48.6. The Bertz CT molecular complexity index is 969. The monoisotopic (exact) mass is 362 g/mol. The molecule has 0 radical (unpaired) electrons. The van der Waals surface area contributed by atoms with Crippen LogP contribution in [0.5, 0.6) is 0 Å². The van der Waals surface area contributed by atoms with Crippen LogP contribution in [0, 0.1) is 17.5 Å². The van der Waals surface area contributed by atoms with Gasteiger partial charge in [-0.1, -0.05) is 6.07 Å². The first-order valence-electron chi connectivity index (χ1n) is 7.47. The summed E-state index contributed by atoms with van der Waals surface area (Å²) in [6.45, 7) is -0.235. The summed E-state index contributed by atoms with van der Waals surface area (Å²) >= 11 is 0. The van der Waals surface area contributed by atoms with E-state index in [1.165, 1.54) is 31.4 Å². The topological polar surface area (TPSA) is 64.4 Å². The van der Waals surface area contributed by atoms with E-state index < -0.39 is 34.5 Å². The van der Waals surface area contributed by atoms with Gasteiger partial charge >= 0.3 is 5.97 Å². The first kappa shape index (κ1) is 17.7. The lowest BCUT2D eigenvalue weighted by Crippen LogP contribution is -2.09. The van der Waals surface area contributed by atoms with Crippen LogP contribution in [0.1, 0.15) is 10.4 Å². The maximum atomic E-state index is 15.1. The first-order chi connectivity index (χ1) is 12.4. The highest BCUT2D eigenvalue weighted by Crippen LogP contribution is 2.34. The normalized spacial score (nSPS) is 10.9. The Morgan fingerprint density at radius 3 is 2.46 bits per heavy atom. The van der Waals surface area contributed by atoms with Gasteiger partial charge in [0.1, 0.15) is 29.8 Å². The zero-order chi connectivity index (χ0) is 18.8. The lowest BCUT2D eigenvalue weighted by molar-refractivity contribution is 0.0697. The Kier molecular flexibility index (Phi) is 4.77. The zero-order valence-corrected chi connectivity index (χ0v) is 13.5. The molecule has 1 aromatic heterocycles. The molecule has 0 aliphatic rings. The standard InChI is InChI=1S/C18H13F3N2O3/c1-26-9-23-17(14-12(18(24)25)3-2-4-13(14)20)15(21)16(22-23)10-5-7-11(19)8-6-10/h2-8H,9H2,1H3,(H,24,25). The van der Waals surface area contributed by atoms with Crippen molar-refractivity contribution in [2.45, 2.75) is 6.73 Å². The van der Waals surface area contributed by atoms with Crippen LogP contribution in [0.3, 0.4) is 0 Å². The Hall–Kier alpha value is -3.13. The van der Waals surface area contributed by atoms with Gasteiger partial charge in [0.05, 0.1) is 11.1 Å². The SMILES string of the molecule is COCn1nc(-c2ccc(F)cc2)c(F)c1-c1c(F)cccc1C(=O)O. The van der Waals surface area contributed by atoms with Crippen LogP contribution >= 0.6 is 0 Å². The molecule has 1 N–H and O–H groups in total. The molecule has 26 heavy (non-hydrogen) atoms. The highest BCUT2D eigenvalue weighted by Gasteiger charge is 2.27. The molecule has 0 saturated carbocycles. The number of halogens is 3. The van der Waals surface area contributed by atoms with Gasteiger partial charge < -0.3 is 9.84 Å². The molecule has 1 heterocycles. The van der Waals surface area contributed by atoms with Gasteiger partial charge in [0.25, 0.3) is 0 Å². The lowest BCUT2D eigenvalue weighted by Gasteiger charge is -2.10. The molecular formula is C18H13F3N2O3. The molecule has 0 atom stereocenters. The van der Waals surface area contributed by atoms with Crippen molar-refractivity contribution >= 4 is 5.97 Å². The third kappa shape index (κ3) is 3.06. The number of aromatic carboxylic acids is 1. The second-order valence-corrected chi connectivity index (χ2v) is 5.40. The number of nitrogens with zero attached hydrogens (tertiary/aromatic N) is 2. The highest BCUT2D eigenvalue weighted by atomic mass is 19.1. The Morgan fingerprint density at radius 2 is 1.85 bits per heavy atom. The summed E-state index contributed by atoms with van der Waals surface area (Å²) in [7, 11) is 1.33. The average molecular weight is 362 g/mol. The molecule has 8 heteroatoms. The van der Waals surface area contributed by atoms with Crippen molar-refractivity contribution in [2.75, 3.05) is 7.11 Å². The quantitative estimate of drug-likeness (QED) is 0.747. The maximum Gasteiger partial charge on any atom is 0.336 e. The minimum absolute atomic E-state index is 0.170. The molecule has 0 unspecified atom stereocenters. The van der Waals surface area contributed by atoms with Crippen LogP contribution in [0.25, 0.3) is 22.5 Å². The fraction of sp³-hybridized carbons (Fsp3) is 0.111. The fourth-order valence-electron chi connectivity index (χ4n) is 2.63. The van der Waals surface area contributed by atoms with Crippen molar-refractivity contribution in [3.8, 4) is 22.5 Å². The van der Waals surface area contributed by atoms with Gasteiger partial charge in [0, 0.05) is 12.7 Å². The van der Waals surface area contributed by atoms with Gasteiger partial charge in [-0.2, -0.15) is 5.10 Å². The van der Waals surface area contributed by atoms with Crippen molar-refractivity contribution in [3.05, 3.63) is 65.5 Å². The number of carboxylic acids is 1. The van der Waals surface area contributed by atoms with E-state index in [1.807, 2.05) is 0 Å². The number of hydrogen-bond acceptors (Lipinski definition) is 3. The minimum Gasteiger partial charge on any atom is -0.478 e. The smallest absolute Gasteiger partial charge is 0.336 e. The van der Waals surface area contributed by atoms with Crippen LogP contribution in [-0.2, 0) is 11.5 Å². The molecule has 3 aromatic rings. The van der Waals surface area contributed by atoms with E-state index in [-0.39, 0.29) is 23.7 Å². The maximum absolute atomic E-state index is 15.1. The molecule has 0 bridgehead atoms. The van der Waals surface area contributed by atoms with Gasteiger partial charge in [-0.15, -0.1) is 0 Å². The van der Waals surface area contributed by atoms with Crippen LogP contribution in [0.15, 0.2) is 42.5 Å². The number of rotatable bonds is 5. The highest BCUT2D eigenvalue weighted by molar-refractivity contribution is 5.96. The van der Waals surface area contributed by atoms with Gasteiger partial charge in [0.2, 0.25) is 0 Å². The summed E-state index contributed by atoms with van der Waals surface area (Å²) in [5.41, 5.74) is -1.12. The van der Waals surface area contributed by atoms with Crippen molar-refractivity contribution in [1.29, 1.82) is 0 Å². The molecule has 3 rings (SSSR count). The number of carboxylic acid groups (broad SMARTS) is 1. The van der Waals surface area contributed by atoms with Crippen LogP contribution in [0.4, 0.5) is 13.2 Å². The molecule has 2 aromatic carbocycles. The lowest BCUT2D eigenvalue weighted by atomic mass is 10.0. The van der Waals surface area contributed by atoms with Crippen LogP contribution in [0.2, 0.25) is 0 Å². The zero-order valence-electron chi connectivity index (χ0n) is 13.5. The Morgan fingerprint density at radius 1 is 1.15 bits per heavy atom. The second-order valence-electron chi connectivity index (χ2n) is 5.40. The number of ether oxygens (including phenoxy) is 1. The predicted molar refractivity (Wildman–Crippen MR) is 86.9 cm³/mol. The second kappa shape index (κ2) is 7.01. The molecular weight excluding hydrogens is 349 g/mol. The van der Waals surface area contributed by atoms with Gasteiger partial charge in [-0.05, 0) is 36.4 Å². The molecule has 0 aliphatic carbocycles. The molecule has 0 fully saturated rings. The summed E-state index contributed by atoms with van der Waals surface area (Å²) in [5, 5.41) is 13.4. The van der Waals surface area contributed by atoms with E-state index in [0.29, 0.717) is 0 Å². The number of hydrogen-bond donors (Lipinski definition) is 1. The summed E-state index contributed by atoms with van der Waals surface area (Å²) in [6, 6.07) is 8.33. The molecule has 0 aliphatic heterocycles. The first-order valence-corrected chi connectivity index (χ1v) is 7.47. The van der Waals surface area contributed by atoms with Crippen molar-refractivity contribution in [2.24, 2.45) is 0 Å². The van der Waals surface area contributed by atoms with E-state index in [9.17, 15) is 18.7 Å². The summed E-state index contributed by atoms with van der Waals surface area (Å²) in [4.78, 5) is 11.5. The third-order valence-electron chi connectivity index (χ3n) is 3.74. The summed E-state index contributed by atoms with van der Waals surface area (Å²) in [5.74, 6) is -3.76. The largest absolute Gasteiger partial charge is 0.478 e. The van der Waals surface area contributed by atoms with Gasteiger partial charge in [0.15, 0.2) is 5.82 Å². The average Bonchev–Trinajstić information content (AvgIpc) is 2.92. The summed E-state index contributed by atoms with van der Waals surface area (Å²) in [6.07, 6.45) is 0. The molecule has 5 nitrogen and oxygen atoms in total. The predicted octanol–water partition coefficient (Wildman–Crippen LogP) is 3.94. The number of carbonyl (C=O) groups is 1. The van der Waals surface area contributed by atoms with E-state index in [2.05, 4.69) is 5.10 Å². The molecule has 0 spiro atoms. The van der Waals surface area contributed by atoms with Gasteiger partial charge in [-0.25, -0.2) is 22.6 Å². The van der Waals surface area contributed by atoms with Crippen molar-refractivity contribution in [3.63, 3.8) is 0 Å². The minimum atomic E-state index is -1.41. The number of benzene rings is 2. The Balaban J connectivity index is 2.29.